The van der Waals surface area contributed by atoms with Gasteiger partial charge in [0, 0.05) is 0 Å². The molecule has 0 aliphatic heterocycles. The molecule has 78 valence electrons. The Kier molecular flexibility index (Phi) is 3.02. The van der Waals surface area contributed by atoms with Gasteiger partial charge in [-0.25, -0.2) is 8.42 Å². The maximum atomic E-state index is 10.5. The number of thiol groups is 1. The average Bonchev–Trinajstić information content (AvgIpc) is 2.26. The van der Waals surface area contributed by atoms with Gasteiger partial charge in [-0.15, -0.1) is 0 Å². The number of benzene rings is 2. The molecule has 0 spiro atoms. The highest BCUT2D eigenvalue weighted by Gasteiger charge is 2.00. The van der Waals surface area contributed by atoms with Crippen LogP contribution in [0.5, 0.6) is 0 Å². The van der Waals surface area contributed by atoms with Gasteiger partial charge in [-0.3, -0.25) is 0 Å². The molecule has 0 aliphatic rings. The number of hydrogen-bond acceptors (Lipinski definition) is 2. The molecule has 0 bridgehead atoms. The van der Waals surface area contributed by atoms with E-state index in [4.69, 9.17) is 0 Å². The highest BCUT2D eigenvalue weighted by molar-refractivity contribution is 7.72. The van der Waals surface area contributed by atoms with Crippen molar-refractivity contribution >= 4 is 21.5 Å². The Labute approximate surface area is 90.5 Å². The number of fused-ring (bicyclic) bond motifs is 1. The summed E-state index contributed by atoms with van der Waals surface area (Å²) >= 11 is 0. The first-order valence-electron chi connectivity index (χ1n) is 4.86. The van der Waals surface area contributed by atoms with E-state index in [-0.39, 0.29) is 5.75 Å². The zero-order valence-electron chi connectivity index (χ0n) is 8.22. The predicted molar refractivity (Wildman–Crippen MR) is 62.8 cm³/mol. The highest BCUT2D eigenvalue weighted by Crippen LogP contribution is 2.18. The predicted octanol–water partition coefficient (Wildman–Crippen LogP) is 1.99. The van der Waals surface area contributed by atoms with E-state index in [1.54, 1.807) is 0 Å². The molecule has 2 rings (SSSR count). The molecule has 0 N–H and O–H groups in total. The zero-order chi connectivity index (χ0) is 10.7. The molecule has 2 aromatic rings. The van der Waals surface area contributed by atoms with Gasteiger partial charge in [0.2, 0.25) is 0 Å². The molecule has 0 radical (unpaired) electrons. The molecule has 15 heavy (non-hydrogen) atoms. The van der Waals surface area contributed by atoms with Crippen LogP contribution in [-0.2, 0) is 17.1 Å². The standard InChI is InChI=1S/C12H12O2S/c13-15(14)9-8-11-6-3-5-10-4-1-2-7-12(10)11/h1-7,15H,8-9H2. The maximum Gasteiger partial charge on any atom is 0.140 e. The van der Waals surface area contributed by atoms with Gasteiger partial charge in [0.15, 0.2) is 0 Å². The smallest absolute Gasteiger partial charge is 0.140 e. The van der Waals surface area contributed by atoms with Crippen LogP contribution in [0.2, 0.25) is 0 Å². The van der Waals surface area contributed by atoms with Gasteiger partial charge < -0.3 is 0 Å². The summed E-state index contributed by atoms with van der Waals surface area (Å²) in [5.74, 6) is 0.226. The Hall–Kier alpha value is -1.35. The average molecular weight is 220 g/mol. The van der Waals surface area contributed by atoms with Crippen LogP contribution in [0.15, 0.2) is 42.5 Å². The summed E-state index contributed by atoms with van der Waals surface area (Å²) in [6.07, 6.45) is 0.597. The van der Waals surface area contributed by atoms with Crippen LogP contribution in [-0.4, -0.2) is 14.2 Å². The first-order valence-corrected chi connectivity index (χ1v) is 6.22. The van der Waals surface area contributed by atoms with Crippen LogP contribution in [0.25, 0.3) is 10.8 Å². The second kappa shape index (κ2) is 4.45. The Morgan fingerprint density at radius 1 is 0.933 bits per heavy atom. The molecule has 2 aromatic carbocycles. The molecule has 0 aliphatic carbocycles. The van der Waals surface area contributed by atoms with Crippen LogP contribution in [0.4, 0.5) is 0 Å². The molecule has 3 heteroatoms. The van der Waals surface area contributed by atoms with Gasteiger partial charge >= 0.3 is 0 Å². The fraction of sp³-hybridized carbons (Fsp3) is 0.167. The highest BCUT2D eigenvalue weighted by atomic mass is 32.2. The first kappa shape index (κ1) is 10.2. The number of rotatable bonds is 3. The minimum Gasteiger partial charge on any atom is -0.232 e. The van der Waals surface area contributed by atoms with E-state index in [0.29, 0.717) is 6.42 Å². The first-order chi connectivity index (χ1) is 7.27. The molecule has 0 fully saturated rings. The summed E-state index contributed by atoms with van der Waals surface area (Å²) in [6, 6.07) is 14.0. The largest absolute Gasteiger partial charge is 0.232 e. The van der Waals surface area contributed by atoms with E-state index >= 15 is 0 Å². The van der Waals surface area contributed by atoms with Crippen molar-refractivity contribution in [3.63, 3.8) is 0 Å². The Morgan fingerprint density at radius 3 is 2.47 bits per heavy atom. The normalized spacial score (nSPS) is 11.0. The van der Waals surface area contributed by atoms with Crippen LogP contribution in [0, 0.1) is 0 Å². The summed E-state index contributed by atoms with van der Waals surface area (Å²) in [5, 5.41) is 2.31. The van der Waals surface area contributed by atoms with Crippen molar-refractivity contribution in [2.75, 3.05) is 5.75 Å². The lowest BCUT2D eigenvalue weighted by Gasteiger charge is -2.03. The lowest BCUT2D eigenvalue weighted by molar-refractivity contribution is 0.614. The van der Waals surface area contributed by atoms with Crippen molar-refractivity contribution in [3.8, 4) is 0 Å². The van der Waals surface area contributed by atoms with Gasteiger partial charge in [-0.1, -0.05) is 42.5 Å². The summed E-state index contributed by atoms with van der Waals surface area (Å²) in [7, 11) is -2.28. The third-order valence-corrected chi connectivity index (χ3v) is 3.03. The van der Waals surface area contributed by atoms with Crippen molar-refractivity contribution in [2.45, 2.75) is 6.42 Å². The summed E-state index contributed by atoms with van der Waals surface area (Å²) in [5.41, 5.74) is 1.10. The zero-order valence-corrected chi connectivity index (χ0v) is 9.11. The number of hydrogen-bond donors (Lipinski definition) is 1. The maximum absolute atomic E-state index is 10.5. The SMILES string of the molecule is O=[SH](=O)CCc1cccc2ccccc12. The van der Waals surface area contributed by atoms with Crippen molar-refractivity contribution in [3.05, 3.63) is 48.0 Å². The van der Waals surface area contributed by atoms with Gasteiger partial charge in [0.1, 0.15) is 10.7 Å². The molecule has 0 saturated carbocycles. The molecular formula is C12H12O2S. The van der Waals surface area contributed by atoms with Crippen LogP contribution in [0.3, 0.4) is 0 Å². The van der Waals surface area contributed by atoms with Gasteiger partial charge in [0.05, 0.1) is 5.75 Å². The monoisotopic (exact) mass is 220 g/mol. The topological polar surface area (TPSA) is 34.1 Å². The number of aryl methyl sites for hydroxylation is 1. The Morgan fingerprint density at radius 2 is 1.67 bits per heavy atom. The summed E-state index contributed by atoms with van der Waals surface area (Å²) < 4.78 is 21.1. The molecule has 0 aromatic heterocycles. The van der Waals surface area contributed by atoms with E-state index < -0.39 is 10.7 Å². The van der Waals surface area contributed by atoms with Crippen molar-refractivity contribution < 1.29 is 8.42 Å². The fourth-order valence-corrected chi connectivity index (χ4v) is 2.15. The minimum atomic E-state index is -2.28. The van der Waals surface area contributed by atoms with E-state index in [1.807, 2.05) is 42.5 Å². The van der Waals surface area contributed by atoms with E-state index in [9.17, 15) is 8.42 Å². The van der Waals surface area contributed by atoms with E-state index in [0.717, 1.165) is 16.3 Å². The second-order valence-corrected chi connectivity index (χ2v) is 4.56. The van der Waals surface area contributed by atoms with Crippen LogP contribution >= 0.6 is 0 Å². The molecule has 2 nitrogen and oxygen atoms in total. The fourth-order valence-electron chi connectivity index (χ4n) is 1.72. The third kappa shape index (κ3) is 2.36. The molecule has 0 unspecified atom stereocenters. The minimum absolute atomic E-state index is 0.226. The summed E-state index contributed by atoms with van der Waals surface area (Å²) in [4.78, 5) is 0. The third-order valence-electron chi connectivity index (χ3n) is 2.44. The molecular weight excluding hydrogens is 208 g/mol. The molecule has 0 heterocycles. The quantitative estimate of drug-likeness (QED) is 0.803. The van der Waals surface area contributed by atoms with Crippen LogP contribution < -0.4 is 0 Å². The van der Waals surface area contributed by atoms with Gasteiger partial charge in [-0.05, 0) is 22.8 Å². The van der Waals surface area contributed by atoms with Crippen molar-refractivity contribution in [1.29, 1.82) is 0 Å². The molecule has 0 amide bonds. The van der Waals surface area contributed by atoms with E-state index in [1.165, 1.54) is 0 Å². The Balaban J connectivity index is 2.42. The lowest BCUT2D eigenvalue weighted by atomic mass is 10.0. The second-order valence-electron chi connectivity index (χ2n) is 3.44. The van der Waals surface area contributed by atoms with Crippen molar-refractivity contribution in [2.24, 2.45) is 0 Å². The molecule has 0 atom stereocenters. The van der Waals surface area contributed by atoms with Crippen LogP contribution in [0.1, 0.15) is 5.56 Å². The Bertz CT molecular complexity index is 531. The van der Waals surface area contributed by atoms with Crippen molar-refractivity contribution in [1.82, 2.24) is 0 Å². The van der Waals surface area contributed by atoms with E-state index in [2.05, 4.69) is 0 Å². The molecule has 0 saturated heterocycles. The van der Waals surface area contributed by atoms with Gasteiger partial charge in [-0.2, -0.15) is 0 Å². The lowest BCUT2D eigenvalue weighted by Crippen LogP contribution is -1.94. The van der Waals surface area contributed by atoms with Gasteiger partial charge in [0.25, 0.3) is 0 Å². The summed E-state index contributed by atoms with van der Waals surface area (Å²) in [6.45, 7) is 0.